The molecule has 0 atom stereocenters. The van der Waals surface area contributed by atoms with E-state index in [1.54, 1.807) is 42.5 Å². The summed E-state index contributed by atoms with van der Waals surface area (Å²) in [5.74, 6) is -0.490. The highest BCUT2D eigenvalue weighted by Crippen LogP contribution is 2.20. The number of aromatic nitrogens is 2. The lowest BCUT2D eigenvalue weighted by Crippen LogP contribution is -2.31. The van der Waals surface area contributed by atoms with Crippen molar-refractivity contribution in [3.8, 4) is 0 Å². The number of aryl methyl sites for hydroxylation is 2. The van der Waals surface area contributed by atoms with Gasteiger partial charge >= 0.3 is 5.69 Å². The van der Waals surface area contributed by atoms with Crippen LogP contribution in [0.15, 0.2) is 52.1 Å². The summed E-state index contributed by atoms with van der Waals surface area (Å²) >= 11 is 0. The summed E-state index contributed by atoms with van der Waals surface area (Å²) in [7, 11) is 0. The summed E-state index contributed by atoms with van der Waals surface area (Å²) in [6.07, 6.45) is 0.0414. The van der Waals surface area contributed by atoms with Gasteiger partial charge in [-0.3, -0.25) is 23.9 Å². The molecule has 2 aromatic carbocycles. The van der Waals surface area contributed by atoms with E-state index in [9.17, 15) is 19.2 Å². The van der Waals surface area contributed by atoms with Gasteiger partial charge in [0.1, 0.15) is 0 Å². The Labute approximate surface area is 160 Å². The summed E-state index contributed by atoms with van der Waals surface area (Å²) in [5, 5.41) is 5.85. The summed E-state index contributed by atoms with van der Waals surface area (Å²) < 4.78 is 1.37. The molecular formula is C20H20N4O4. The Morgan fingerprint density at radius 1 is 1.07 bits per heavy atom. The maximum atomic E-state index is 12.4. The highest BCUT2D eigenvalue weighted by molar-refractivity contribution is 5.94. The van der Waals surface area contributed by atoms with Crippen molar-refractivity contribution in [1.82, 2.24) is 9.55 Å². The monoisotopic (exact) mass is 380 g/mol. The Hall–Kier alpha value is -3.68. The standard InChI is InChI=1S/C20H20N4O4/c1-12-7-8-14(21-13(2)25)11-16(12)22-18(26)9-10-24-17-6-4-3-5-15(17)19(27)23-20(24)28/h3-8,11H,9-10H2,1-2H3,(H,21,25)(H,22,26)(H,23,27,28). The fourth-order valence-electron chi connectivity index (χ4n) is 2.93. The first kappa shape index (κ1) is 19.1. The van der Waals surface area contributed by atoms with Crippen LogP contribution in [0.1, 0.15) is 18.9 Å². The normalized spacial score (nSPS) is 10.6. The summed E-state index contributed by atoms with van der Waals surface area (Å²) in [4.78, 5) is 49.9. The molecular weight excluding hydrogens is 360 g/mol. The Morgan fingerprint density at radius 3 is 2.57 bits per heavy atom. The van der Waals surface area contributed by atoms with E-state index in [-0.39, 0.29) is 24.8 Å². The highest BCUT2D eigenvalue weighted by atomic mass is 16.2. The van der Waals surface area contributed by atoms with Gasteiger partial charge < -0.3 is 10.6 Å². The van der Waals surface area contributed by atoms with Crippen molar-refractivity contribution in [1.29, 1.82) is 0 Å². The second-order valence-corrected chi connectivity index (χ2v) is 6.44. The molecule has 0 saturated carbocycles. The number of aromatic amines is 1. The number of fused-ring (bicyclic) bond motifs is 1. The Kier molecular flexibility index (Phi) is 5.39. The molecule has 1 heterocycles. The second kappa shape index (κ2) is 7.91. The lowest BCUT2D eigenvalue weighted by molar-refractivity contribution is -0.116. The number of hydrogen-bond acceptors (Lipinski definition) is 4. The van der Waals surface area contributed by atoms with Crippen LogP contribution in [0.4, 0.5) is 11.4 Å². The van der Waals surface area contributed by atoms with Crippen molar-refractivity contribution < 1.29 is 9.59 Å². The number of para-hydroxylation sites is 1. The van der Waals surface area contributed by atoms with Crippen molar-refractivity contribution in [2.45, 2.75) is 26.8 Å². The lowest BCUT2D eigenvalue weighted by atomic mass is 10.1. The van der Waals surface area contributed by atoms with Gasteiger partial charge in [-0.05, 0) is 36.8 Å². The summed E-state index contributed by atoms with van der Waals surface area (Å²) in [5.41, 5.74) is 1.47. The third-order valence-electron chi connectivity index (χ3n) is 4.30. The fraction of sp³-hybridized carbons (Fsp3) is 0.200. The molecule has 0 unspecified atom stereocenters. The molecule has 144 valence electrons. The van der Waals surface area contributed by atoms with Crippen molar-refractivity contribution >= 4 is 34.1 Å². The minimum atomic E-state index is -0.555. The minimum Gasteiger partial charge on any atom is -0.326 e. The smallest absolute Gasteiger partial charge is 0.326 e. The van der Waals surface area contributed by atoms with E-state index in [0.717, 1.165) is 5.56 Å². The molecule has 0 aliphatic rings. The molecule has 0 saturated heterocycles. The first-order chi connectivity index (χ1) is 13.3. The molecule has 3 aromatic rings. The number of nitrogens with zero attached hydrogens (tertiary/aromatic N) is 1. The molecule has 8 heteroatoms. The number of anilines is 2. The maximum absolute atomic E-state index is 12.4. The number of amides is 2. The van der Waals surface area contributed by atoms with Gasteiger partial charge in [0.2, 0.25) is 11.8 Å². The predicted octanol–water partition coefficient (Wildman–Crippen LogP) is 1.99. The van der Waals surface area contributed by atoms with E-state index >= 15 is 0 Å². The zero-order valence-electron chi connectivity index (χ0n) is 15.5. The van der Waals surface area contributed by atoms with Gasteiger partial charge in [0, 0.05) is 31.3 Å². The van der Waals surface area contributed by atoms with Gasteiger partial charge in [-0.1, -0.05) is 18.2 Å². The number of rotatable bonds is 5. The van der Waals surface area contributed by atoms with Crippen molar-refractivity contribution in [2.75, 3.05) is 10.6 Å². The van der Waals surface area contributed by atoms with Crippen LogP contribution in [-0.2, 0) is 16.1 Å². The second-order valence-electron chi connectivity index (χ2n) is 6.44. The van der Waals surface area contributed by atoms with Crippen LogP contribution in [0.3, 0.4) is 0 Å². The molecule has 2 amide bonds. The Balaban J connectivity index is 1.77. The zero-order chi connectivity index (χ0) is 20.3. The molecule has 0 bridgehead atoms. The molecule has 0 radical (unpaired) electrons. The van der Waals surface area contributed by atoms with Gasteiger partial charge in [0.25, 0.3) is 5.56 Å². The number of nitrogens with one attached hydrogen (secondary N) is 3. The average molecular weight is 380 g/mol. The van der Waals surface area contributed by atoms with Gasteiger partial charge in [0.05, 0.1) is 10.9 Å². The minimum absolute atomic E-state index is 0.0414. The van der Waals surface area contributed by atoms with Crippen molar-refractivity contribution in [3.63, 3.8) is 0 Å². The maximum Gasteiger partial charge on any atom is 0.328 e. The SMILES string of the molecule is CC(=O)Nc1ccc(C)c(NC(=O)CCn2c(=O)[nH]c(=O)c3ccccc32)c1. The van der Waals surface area contributed by atoms with Crippen LogP contribution in [0.25, 0.3) is 10.9 Å². The lowest BCUT2D eigenvalue weighted by Gasteiger charge is -2.12. The van der Waals surface area contributed by atoms with Gasteiger partial charge in [0.15, 0.2) is 0 Å². The van der Waals surface area contributed by atoms with Crippen LogP contribution in [-0.4, -0.2) is 21.4 Å². The summed E-state index contributed by atoms with van der Waals surface area (Å²) in [6, 6.07) is 12.0. The molecule has 3 rings (SSSR count). The van der Waals surface area contributed by atoms with Gasteiger partial charge in [-0.25, -0.2) is 4.79 Å². The van der Waals surface area contributed by atoms with Crippen LogP contribution >= 0.6 is 0 Å². The molecule has 28 heavy (non-hydrogen) atoms. The fourth-order valence-corrected chi connectivity index (χ4v) is 2.93. The third kappa shape index (κ3) is 4.17. The number of H-pyrrole nitrogens is 1. The topological polar surface area (TPSA) is 113 Å². The summed E-state index contributed by atoms with van der Waals surface area (Å²) in [6.45, 7) is 3.36. The molecule has 0 aliphatic heterocycles. The van der Waals surface area contributed by atoms with Crippen LogP contribution in [0.5, 0.6) is 0 Å². The first-order valence-electron chi connectivity index (χ1n) is 8.75. The quantitative estimate of drug-likeness (QED) is 0.628. The van der Waals surface area contributed by atoms with E-state index < -0.39 is 11.2 Å². The molecule has 8 nitrogen and oxygen atoms in total. The molecule has 0 aliphatic carbocycles. The average Bonchev–Trinajstić information content (AvgIpc) is 2.64. The predicted molar refractivity (Wildman–Crippen MR) is 108 cm³/mol. The van der Waals surface area contributed by atoms with E-state index in [1.807, 2.05) is 6.92 Å². The van der Waals surface area contributed by atoms with Gasteiger partial charge in [-0.2, -0.15) is 0 Å². The van der Waals surface area contributed by atoms with E-state index in [1.165, 1.54) is 11.5 Å². The number of benzene rings is 2. The van der Waals surface area contributed by atoms with Crippen LogP contribution in [0.2, 0.25) is 0 Å². The molecule has 0 fully saturated rings. The van der Waals surface area contributed by atoms with Crippen LogP contribution < -0.4 is 21.9 Å². The first-order valence-corrected chi connectivity index (χ1v) is 8.75. The molecule has 1 aromatic heterocycles. The third-order valence-corrected chi connectivity index (χ3v) is 4.30. The van der Waals surface area contributed by atoms with Crippen molar-refractivity contribution in [2.24, 2.45) is 0 Å². The number of carbonyl (C=O) groups excluding carboxylic acids is 2. The van der Waals surface area contributed by atoms with E-state index in [2.05, 4.69) is 15.6 Å². The molecule has 0 spiro atoms. The number of carbonyl (C=O) groups is 2. The highest BCUT2D eigenvalue weighted by Gasteiger charge is 2.10. The Bertz CT molecular complexity index is 1180. The van der Waals surface area contributed by atoms with E-state index in [0.29, 0.717) is 22.3 Å². The van der Waals surface area contributed by atoms with Crippen LogP contribution in [0, 0.1) is 6.92 Å². The zero-order valence-corrected chi connectivity index (χ0v) is 15.5. The van der Waals surface area contributed by atoms with Gasteiger partial charge in [-0.15, -0.1) is 0 Å². The number of hydrogen-bond donors (Lipinski definition) is 3. The Morgan fingerprint density at radius 2 is 1.82 bits per heavy atom. The molecule has 3 N–H and O–H groups in total. The van der Waals surface area contributed by atoms with E-state index in [4.69, 9.17) is 0 Å². The largest absolute Gasteiger partial charge is 0.328 e. The van der Waals surface area contributed by atoms with Crippen molar-refractivity contribution in [3.05, 3.63) is 68.9 Å².